The van der Waals surface area contributed by atoms with Gasteiger partial charge in [0.25, 0.3) is 0 Å². The van der Waals surface area contributed by atoms with Crippen LogP contribution in [0.15, 0.2) is 29.2 Å². The molecule has 1 aliphatic heterocycles. The number of ether oxygens (including phenoxy) is 1. The van der Waals surface area contributed by atoms with E-state index in [2.05, 4.69) is 0 Å². The van der Waals surface area contributed by atoms with Crippen LogP contribution in [0.4, 0.5) is 0 Å². The highest BCUT2D eigenvalue weighted by Crippen LogP contribution is 2.22. The monoisotopic (exact) mass is 299 g/mol. The van der Waals surface area contributed by atoms with Gasteiger partial charge < -0.3 is 9.84 Å². The molecule has 0 spiro atoms. The lowest BCUT2D eigenvalue weighted by molar-refractivity contribution is -0.136. The van der Waals surface area contributed by atoms with Crippen LogP contribution >= 0.6 is 0 Å². The normalized spacial score (nSPS) is 20.1. The van der Waals surface area contributed by atoms with Crippen LogP contribution in [0.2, 0.25) is 0 Å². The van der Waals surface area contributed by atoms with Gasteiger partial charge in [-0.05, 0) is 24.1 Å². The largest absolute Gasteiger partial charge is 0.481 e. The van der Waals surface area contributed by atoms with Gasteiger partial charge in [0.2, 0.25) is 10.0 Å². The van der Waals surface area contributed by atoms with Crippen molar-refractivity contribution >= 4 is 16.0 Å². The molecule has 0 saturated carbocycles. The molecule has 1 atom stereocenters. The molecule has 110 valence electrons. The standard InChI is InChI=1S/C13H17NO5S/c1-19-11-6-7-14(9-11)20(17,18)12-4-2-10(3-5-12)8-13(15)16/h2-5,11H,6-9H2,1H3,(H,15,16). The minimum Gasteiger partial charge on any atom is -0.481 e. The second-order valence-corrected chi connectivity index (χ2v) is 6.66. The summed E-state index contributed by atoms with van der Waals surface area (Å²) < 4.78 is 31.3. The van der Waals surface area contributed by atoms with Crippen molar-refractivity contribution in [3.63, 3.8) is 0 Å². The van der Waals surface area contributed by atoms with E-state index in [0.29, 0.717) is 25.1 Å². The van der Waals surface area contributed by atoms with Crippen molar-refractivity contribution in [2.75, 3.05) is 20.2 Å². The van der Waals surface area contributed by atoms with Crippen LogP contribution < -0.4 is 0 Å². The fourth-order valence-electron chi connectivity index (χ4n) is 2.21. The Kier molecular flexibility index (Phi) is 4.42. The first-order valence-electron chi connectivity index (χ1n) is 6.27. The van der Waals surface area contributed by atoms with Gasteiger partial charge >= 0.3 is 5.97 Å². The molecule has 1 aromatic rings. The van der Waals surface area contributed by atoms with Gasteiger partial charge in [0.1, 0.15) is 0 Å². The molecule has 2 rings (SSSR count). The van der Waals surface area contributed by atoms with Gasteiger partial charge in [-0.3, -0.25) is 4.79 Å². The Morgan fingerprint density at radius 3 is 2.55 bits per heavy atom. The van der Waals surface area contributed by atoms with E-state index in [1.54, 1.807) is 7.11 Å². The van der Waals surface area contributed by atoms with E-state index in [1.165, 1.54) is 28.6 Å². The number of carbonyl (C=O) groups is 1. The Balaban J connectivity index is 2.16. The Morgan fingerprint density at radius 1 is 1.40 bits per heavy atom. The number of carboxylic acid groups (broad SMARTS) is 1. The van der Waals surface area contributed by atoms with Crippen LogP contribution in [0.3, 0.4) is 0 Å². The van der Waals surface area contributed by atoms with Gasteiger partial charge in [0.15, 0.2) is 0 Å². The topological polar surface area (TPSA) is 83.9 Å². The summed E-state index contributed by atoms with van der Waals surface area (Å²) in [5.74, 6) is -0.942. The molecular formula is C13H17NO5S. The maximum absolute atomic E-state index is 12.4. The summed E-state index contributed by atoms with van der Waals surface area (Å²) in [6.07, 6.45) is 0.513. The average Bonchev–Trinajstić information content (AvgIpc) is 2.88. The number of benzene rings is 1. The maximum atomic E-state index is 12.4. The third-order valence-electron chi connectivity index (χ3n) is 3.36. The number of hydrogen-bond acceptors (Lipinski definition) is 4. The van der Waals surface area contributed by atoms with Crippen molar-refractivity contribution in [3.8, 4) is 0 Å². The quantitative estimate of drug-likeness (QED) is 0.866. The van der Waals surface area contributed by atoms with Gasteiger partial charge in [-0.25, -0.2) is 8.42 Å². The number of carboxylic acids is 1. The Morgan fingerprint density at radius 2 is 2.05 bits per heavy atom. The van der Waals surface area contributed by atoms with E-state index in [-0.39, 0.29) is 17.4 Å². The minimum absolute atomic E-state index is 0.0592. The first kappa shape index (κ1) is 15.0. The Labute approximate surface area is 118 Å². The highest BCUT2D eigenvalue weighted by Gasteiger charge is 2.32. The molecule has 1 N–H and O–H groups in total. The maximum Gasteiger partial charge on any atom is 0.307 e. The number of hydrogen-bond donors (Lipinski definition) is 1. The molecule has 1 saturated heterocycles. The molecule has 1 fully saturated rings. The zero-order valence-corrected chi connectivity index (χ0v) is 12.0. The predicted octanol–water partition coefficient (Wildman–Crippen LogP) is 0.723. The van der Waals surface area contributed by atoms with Gasteiger partial charge in [-0.1, -0.05) is 12.1 Å². The lowest BCUT2D eigenvalue weighted by Gasteiger charge is -2.16. The molecule has 7 heteroatoms. The van der Waals surface area contributed by atoms with E-state index < -0.39 is 16.0 Å². The minimum atomic E-state index is -3.52. The number of sulfonamides is 1. The fourth-order valence-corrected chi connectivity index (χ4v) is 3.70. The highest BCUT2D eigenvalue weighted by molar-refractivity contribution is 7.89. The SMILES string of the molecule is COC1CCN(S(=O)(=O)c2ccc(CC(=O)O)cc2)C1. The first-order chi connectivity index (χ1) is 9.43. The first-order valence-corrected chi connectivity index (χ1v) is 7.71. The van der Waals surface area contributed by atoms with Gasteiger partial charge in [-0.15, -0.1) is 0 Å². The summed E-state index contributed by atoms with van der Waals surface area (Å²) in [6, 6.07) is 5.97. The van der Waals surface area contributed by atoms with Crippen LogP contribution in [-0.4, -0.2) is 50.1 Å². The smallest absolute Gasteiger partial charge is 0.307 e. The summed E-state index contributed by atoms with van der Waals surface area (Å²) in [7, 11) is -1.95. The van der Waals surface area contributed by atoms with E-state index in [0.717, 1.165) is 0 Å². The summed E-state index contributed by atoms with van der Waals surface area (Å²) in [5.41, 5.74) is 0.577. The summed E-state index contributed by atoms with van der Waals surface area (Å²) in [4.78, 5) is 10.8. The molecule has 0 bridgehead atoms. The molecular weight excluding hydrogens is 282 g/mol. The van der Waals surface area contributed by atoms with E-state index in [4.69, 9.17) is 9.84 Å². The Bertz CT molecular complexity index is 581. The Hall–Kier alpha value is -1.44. The number of aliphatic carboxylic acids is 1. The van der Waals surface area contributed by atoms with Crippen molar-refractivity contribution in [1.29, 1.82) is 0 Å². The van der Waals surface area contributed by atoms with Crippen LogP contribution in [0.25, 0.3) is 0 Å². The van der Waals surface area contributed by atoms with Crippen molar-refractivity contribution < 1.29 is 23.1 Å². The second-order valence-electron chi connectivity index (χ2n) is 4.72. The van der Waals surface area contributed by atoms with E-state index in [9.17, 15) is 13.2 Å². The van der Waals surface area contributed by atoms with Crippen molar-refractivity contribution in [2.24, 2.45) is 0 Å². The molecule has 20 heavy (non-hydrogen) atoms. The second kappa shape index (κ2) is 5.90. The lowest BCUT2D eigenvalue weighted by atomic mass is 10.2. The summed E-state index contributed by atoms with van der Waals surface area (Å²) in [6.45, 7) is 0.799. The fraction of sp³-hybridized carbons (Fsp3) is 0.462. The van der Waals surface area contributed by atoms with Crippen molar-refractivity contribution in [3.05, 3.63) is 29.8 Å². The molecule has 0 amide bonds. The highest BCUT2D eigenvalue weighted by atomic mass is 32.2. The van der Waals surface area contributed by atoms with E-state index in [1.807, 2.05) is 0 Å². The van der Waals surface area contributed by atoms with Crippen LogP contribution in [0, 0.1) is 0 Å². The molecule has 0 radical (unpaired) electrons. The van der Waals surface area contributed by atoms with Crippen LogP contribution in [0.1, 0.15) is 12.0 Å². The number of nitrogens with zero attached hydrogens (tertiary/aromatic N) is 1. The van der Waals surface area contributed by atoms with Crippen LogP contribution in [-0.2, 0) is 26.0 Å². The van der Waals surface area contributed by atoms with Gasteiger partial charge in [0, 0.05) is 20.2 Å². The third kappa shape index (κ3) is 3.17. The molecule has 1 aromatic carbocycles. The van der Waals surface area contributed by atoms with Crippen molar-refractivity contribution in [1.82, 2.24) is 4.31 Å². The molecule has 1 aliphatic rings. The molecule has 1 unspecified atom stereocenters. The zero-order valence-electron chi connectivity index (χ0n) is 11.2. The average molecular weight is 299 g/mol. The predicted molar refractivity (Wildman–Crippen MR) is 72.0 cm³/mol. The van der Waals surface area contributed by atoms with Gasteiger partial charge in [-0.2, -0.15) is 4.31 Å². The molecule has 1 heterocycles. The summed E-state index contributed by atoms with van der Waals surface area (Å²) >= 11 is 0. The van der Waals surface area contributed by atoms with Crippen molar-refractivity contribution in [2.45, 2.75) is 23.8 Å². The third-order valence-corrected chi connectivity index (χ3v) is 5.24. The van der Waals surface area contributed by atoms with Gasteiger partial charge in [0.05, 0.1) is 17.4 Å². The number of rotatable bonds is 5. The van der Waals surface area contributed by atoms with E-state index >= 15 is 0 Å². The molecule has 0 aliphatic carbocycles. The molecule has 0 aromatic heterocycles. The number of methoxy groups -OCH3 is 1. The summed E-state index contributed by atoms with van der Waals surface area (Å²) in [5, 5.41) is 8.68. The zero-order chi connectivity index (χ0) is 14.8. The molecule has 6 nitrogen and oxygen atoms in total. The lowest BCUT2D eigenvalue weighted by Crippen LogP contribution is -2.30. The van der Waals surface area contributed by atoms with Crippen LogP contribution in [0.5, 0.6) is 0 Å².